The van der Waals surface area contributed by atoms with Crippen LogP contribution in [0.2, 0.25) is 0 Å². The van der Waals surface area contributed by atoms with Crippen molar-refractivity contribution in [1.82, 2.24) is 0 Å². The van der Waals surface area contributed by atoms with Crippen molar-refractivity contribution in [2.45, 2.75) is 62.2 Å². The monoisotopic (exact) mass is 796 g/mol. The molecule has 9 aromatic rings. The highest BCUT2D eigenvalue weighted by Gasteiger charge is 2.47. The molecule has 2 heteroatoms. The number of hydrogen-bond donors (Lipinski definition) is 0. The third-order valence-corrected chi connectivity index (χ3v) is 15.3. The Kier molecular flexibility index (Phi) is 7.98. The molecule has 9 aromatic carbocycles. The van der Waals surface area contributed by atoms with Gasteiger partial charge in [-0.1, -0.05) is 147 Å². The van der Waals surface area contributed by atoms with Crippen molar-refractivity contribution < 1.29 is 0 Å². The molecule has 0 radical (unpaired) electrons. The van der Waals surface area contributed by atoms with Gasteiger partial charge in [0, 0.05) is 45.0 Å². The smallest absolute Gasteiger partial charge is 0.0465 e. The first-order chi connectivity index (χ1) is 30.7. The van der Waals surface area contributed by atoms with Crippen molar-refractivity contribution >= 4 is 55.7 Å². The molecule has 62 heavy (non-hydrogen) atoms. The first-order valence-corrected chi connectivity index (χ1v) is 22.9. The van der Waals surface area contributed by atoms with Crippen molar-refractivity contribution in [3.05, 3.63) is 216 Å². The lowest BCUT2D eigenvalue weighted by atomic mass is 9.76. The summed E-state index contributed by atoms with van der Waals surface area (Å²) in [5.41, 5.74) is 18.9. The molecule has 0 aliphatic heterocycles. The molecule has 4 aliphatic carbocycles. The van der Waals surface area contributed by atoms with E-state index in [2.05, 4.69) is 204 Å². The number of rotatable bonds is 6. The van der Waals surface area contributed by atoms with Gasteiger partial charge in [0.05, 0.1) is 0 Å². The van der Waals surface area contributed by atoms with Crippen LogP contribution in [0.4, 0.5) is 34.1 Å². The number of anilines is 6. The molecule has 0 heterocycles. The summed E-state index contributed by atoms with van der Waals surface area (Å²) >= 11 is 0. The van der Waals surface area contributed by atoms with Crippen LogP contribution in [0.25, 0.3) is 43.8 Å². The molecule has 0 atom stereocenters. The second-order valence-electron chi connectivity index (χ2n) is 18.3. The van der Waals surface area contributed by atoms with Gasteiger partial charge in [-0.3, -0.25) is 0 Å². The minimum Gasteiger partial charge on any atom is -0.310 e. The SMILES string of the molecule is c1ccc(N(c2ccc(N(c3ccccc3)c3ccc4c(c3)C3(CCCC3)c3ccc5ccccc5c3-4)cc2)c2ccc3c(c2)C2(CCCC2)c2ccc4ccccc4c2-3)cc1. The fourth-order valence-electron chi connectivity index (χ4n) is 12.6. The molecule has 13 rings (SSSR count). The fourth-order valence-corrected chi connectivity index (χ4v) is 12.6. The van der Waals surface area contributed by atoms with Crippen LogP contribution in [0, 0.1) is 0 Å². The molecule has 2 nitrogen and oxygen atoms in total. The molecule has 298 valence electrons. The molecule has 2 saturated carbocycles. The van der Waals surface area contributed by atoms with Crippen molar-refractivity contribution in [2.24, 2.45) is 0 Å². The lowest BCUT2D eigenvalue weighted by molar-refractivity contribution is 0.550. The quantitative estimate of drug-likeness (QED) is 0.165. The van der Waals surface area contributed by atoms with E-state index >= 15 is 0 Å². The van der Waals surface area contributed by atoms with Gasteiger partial charge in [-0.15, -0.1) is 0 Å². The minimum absolute atomic E-state index is 0.0640. The van der Waals surface area contributed by atoms with Gasteiger partial charge in [-0.05, 0) is 165 Å². The summed E-state index contributed by atoms with van der Waals surface area (Å²) in [5, 5.41) is 5.40. The highest BCUT2D eigenvalue weighted by Crippen LogP contribution is 2.61. The van der Waals surface area contributed by atoms with Gasteiger partial charge < -0.3 is 9.80 Å². The van der Waals surface area contributed by atoms with Gasteiger partial charge in [0.1, 0.15) is 0 Å². The summed E-state index contributed by atoms with van der Waals surface area (Å²) in [6.45, 7) is 0. The number of para-hydroxylation sites is 2. The summed E-state index contributed by atoms with van der Waals surface area (Å²) in [7, 11) is 0. The van der Waals surface area contributed by atoms with E-state index in [9.17, 15) is 0 Å². The maximum Gasteiger partial charge on any atom is 0.0465 e. The second-order valence-corrected chi connectivity index (χ2v) is 18.3. The Balaban J connectivity index is 0.931. The van der Waals surface area contributed by atoms with Gasteiger partial charge in [0.25, 0.3) is 0 Å². The largest absolute Gasteiger partial charge is 0.310 e. The first kappa shape index (κ1) is 35.8. The van der Waals surface area contributed by atoms with E-state index in [1.165, 1.54) is 129 Å². The highest BCUT2D eigenvalue weighted by atomic mass is 15.2. The van der Waals surface area contributed by atoms with Gasteiger partial charge in [0.15, 0.2) is 0 Å². The fraction of sp³-hybridized carbons (Fsp3) is 0.167. The lowest BCUT2D eigenvalue weighted by Crippen LogP contribution is -2.21. The summed E-state index contributed by atoms with van der Waals surface area (Å²) in [6, 6.07) is 73.3. The summed E-state index contributed by atoms with van der Waals surface area (Å²) in [6.07, 6.45) is 9.90. The predicted molar refractivity (Wildman–Crippen MR) is 260 cm³/mol. The third-order valence-electron chi connectivity index (χ3n) is 15.3. The van der Waals surface area contributed by atoms with Crippen molar-refractivity contribution in [2.75, 3.05) is 9.80 Å². The molecule has 0 amide bonds. The van der Waals surface area contributed by atoms with E-state index in [1.807, 2.05) is 0 Å². The molecule has 2 fully saturated rings. The molecule has 2 spiro atoms. The third kappa shape index (κ3) is 5.16. The molecule has 0 aromatic heterocycles. The molecular formula is C60H48N2. The zero-order valence-corrected chi connectivity index (χ0v) is 35.0. The maximum absolute atomic E-state index is 2.54. The van der Waals surface area contributed by atoms with Gasteiger partial charge in [0.2, 0.25) is 0 Å². The van der Waals surface area contributed by atoms with E-state index in [0.29, 0.717) is 0 Å². The molecule has 4 aliphatic rings. The Morgan fingerprint density at radius 1 is 0.290 bits per heavy atom. The minimum atomic E-state index is 0.0640. The Labute approximate surface area is 364 Å². The zero-order valence-electron chi connectivity index (χ0n) is 35.0. The van der Waals surface area contributed by atoms with Crippen molar-refractivity contribution in [3.8, 4) is 22.3 Å². The van der Waals surface area contributed by atoms with Gasteiger partial charge >= 0.3 is 0 Å². The second kappa shape index (κ2) is 13.8. The van der Waals surface area contributed by atoms with Crippen LogP contribution in [-0.4, -0.2) is 0 Å². The molecule has 0 bridgehead atoms. The van der Waals surface area contributed by atoms with E-state index in [-0.39, 0.29) is 10.8 Å². The van der Waals surface area contributed by atoms with Gasteiger partial charge in [-0.2, -0.15) is 0 Å². The van der Waals surface area contributed by atoms with Gasteiger partial charge in [-0.25, -0.2) is 0 Å². The number of nitrogens with zero attached hydrogens (tertiary/aromatic N) is 2. The van der Waals surface area contributed by atoms with E-state index in [4.69, 9.17) is 0 Å². The molecule has 0 unspecified atom stereocenters. The molecule has 0 saturated heterocycles. The van der Waals surface area contributed by atoms with Crippen LogP contribution in [0.5, 0.6) is 0 Å². The lowest BCUT2D eigenvalue weighted by Gasteiger charge is -2.31. The van der Waals surface area contributed by atoms with Crippen molar-refractivity contribution in [1.29, 1.82) is 0 Å². The number of fused-ring (bicyclic) bond motifs is 14. The molecular weight excluding hydrogens is 749 g/mol. The zero-order chi connectivity index (χ0) is 40.8. The van der Waals surface area contributed by atoms with Crippen LogP contribution in [0.1, 0.15) is 73.6 Å². The average molecular weight is 797 g/mol. The number of benzene rings is 9. The standard InChI is InChI=1S/C60H48N2/c1-3-17-43(18-4-1)61(47-29-31-51-55(39-47)59(35-11-12-36-59)53-33-23-41-15-7-9-21-49(41)57(51)53)45-25-27-46(28-26-45)62(44-19-5-2-6-20-44)48-30-32-52-56(40-48)60(37-13-14-38-60)54-34-24-42-16-8-10-22-50(42)58(52)54/h1-10,15-34,39-40H,11-14,35-38H2. The van der Waals surface area contributed by atoms with Crippen LogP contribution < -0.4 is 9.80 Å². The topological polar surface area (TPSA) is 6.48 Å². The Bertz CT molecular complexity index is 2970. The van der Waals surface area contributed by atoms with E-state index < -0.39 is 0 Å². The molecule has 0 N–H and O–H groups in total. The summed E-state index contributed by atoms with van der Waals surface area (Å²) in [4.78, 5) is 4.92. The average Bonchev–Trinajstić information content (AvgIpc) is 4.14. The van der Waals surface area contributed by atoms with Crippen molar-refractivity contribution in [3.63, 3.8) is 0 Å². The Morgan fingerprint density at radius 3 is 1.06 bits per heavy atom. The van der Waals surface area contributed by atoms with Crippen LogP contribution >= 0.6 is 0 Å². The van der Waals surface area contributed by atoms with E-state index in [1.54, 1.807) is 0 Å². The van der Waals surface area contributed by atoms with Crippen LogP contribution in [0.15, 0.2) is 194 Å². The predicted octanol–water partition coefficient (Wildman–Crippen LogP) is 16.6. The Morgan fingerprint density at radius 2 is 0.645 bits per heavy atom. The van der Waals surface area contributed by atoms with E-state index in [0.717, 1.165) is 22.7 Å². The first-order valence-electron chi connectivity index (χ1n) is 22.9. The van der Waals surface area contributed by atoms with Crippen LogP contribution in [0.3, 0.4) is 0 Å². The van der Waals surface area contributed by atoms with Crippen LogP contribution in [-0.2, 0) is 10.8 Å². The maximum atomic E-state index is 2.54. The highest BCUT2D eigenvalue weighted by molar-refractivity contribution is 6.04. The Hall–Kier alpha value is -6.90. The summed E-state index contributed by atoms with van der Waals surface area (Å²) in [5.74, 6) is 0. The normalized spacial score (nSPS) is 16.1. The summed E-state index contributed by atoms with van der Waals surface area (Å²) < 4.78 is 0. The number of hydrogen-bond acceptors (Lipinski definition) is 2.